The highest BCUT2D eigenvalue weighted by Crippen LogP contribution is 2.38. The third-order valence-electron chi connectivity index (χ3n) is 7.65. The average Bonchev–Trinajstić information content (AvgIpc) is 3.35. The second kappa shape index (κ2) is 9.79. The van der Waals surface area contributed by atoms with E-state index in [1.165, 1.54) is 71.1 Å². The van der Waals surface area contributed by atoms with Gasteiger partial charge >= 0.3 is 0 Å². The van der Waals surface area contributed by atoms with Crippen LogP contribution in [-0.4, -0.2) is 99.3 Å². The summed E-state index contributed by atoms with van der Waals surface area (Å²) in [6, 6.07) is 0. The van der Waals surface area contributed by atoms with E-state index < -0.39 is 0 Å². The molecule has 0 aromatic heterocycles. The van der Waals surface area contributed by atoms with E-state index in [0.29, 0.717) is 11.0 Å². The van der Waals surface area contributed by atoms with E-state index in [9.17, 15) is 0 Å². The second-order valence-corrected chi connectivity index (χ2v) is 9.45. The Kier molecular flexibility index (Phi) is 7.89. The Morgan fingerprint density at radius 2 is 1.75 bits per heavy atom. The quantitative estimate of drug-likeness (QED) is 0.362. The summed E-state index contributed by atoms with van der Waals surface area (Å²) in [4.78, 5) is 12.4. The van der Waals surface area contributed by atoms with E-state index in [1.54, 1.807) is 0 Å². The Morgan fingerprint density at radius 1 is 1.00 bits per heavy atom. The first-order chi connectivity index (χ1) is 13.1. The highest BCUT2D eigenvalue weighted by atomic mass is 127. The molecule has 0 saturated carbocycles. The summed E-state index contributed by atoms with van der Waals surface area (Å²) in [6.45, 7) is 10.1. The number of guanidine groups is 1. The van der Waals surface area contributed by atoms with Crippen LogP contribution in [0.5, 0.6) is 0 Å². The number of halogens is 1. The lowest BCUT2D eigenvalue weighted by Gasteiger charge is -2.50. The molecule has 1 N–H and O–H groups in total. The minimum Gasteiger partial charge on any atom is -0.381 e. The molecule has 0 aromatic carbocycles. The first-order valence-electron chi connectivity index (χ1n) is 11.1. The van der Waals surface area contributed by atoms with Crippen LogP contribution in [0, 0.1) is 5.41 Å². The lowest BCUT2D eigenvalue weighted by molar-refractivity contribution is 0.0169. The van der Waals surface area contributed by atoms with Crippen LogP contribution in [0.1, 0.15) is 44.9 Å². The molecule has 1 unspecified atom stereocenters. The molecule has 6 nitrogen and oxygen atoms in total. The molecule has 0 aliphatic carbocycles. The van der Waals surface area contributed by atoms with Crippen LogP contribution in [0.4, 0.5) is 0 Å². The molecule has 0 aromatic rings. The van der Waals surface area contributed by atoms with Gasteiger partial charge in [0, 0.05) is 44.2 Å². The van der Waals surface area contributed by atoms with E-state index in [0.717, 1.165) is 38.8 Å². The molecular weight excluding hydrogens is 465 g/mol. The minimum absolute atomic E-state index is 0. The second-order valence-electron chi connectivity index (χ2n) is 9.45. The topological polar surface area (TPSA) is 43.3 Å². The van der Waals surface area contributed by atoms with E-state index in [2.05, 4.69) is 32.1 Å². The van der Waals surface area contributed by atoms with Crippen LogP contribution in [0.3, 0.4) is 0 Å². The number of nitrogens with one attached hydrogen (secondary N) is 1. The van der Waals surface area contributed by atoms with Gasteiger partial charge in [-0.15, -0.1) is 24.0 Å². The molecule has 1 spiro atoms. The fourth-order valence-electron chi connectivity index (χ4n) is 5.67. The van der Waals surface area contributed by atoms with Gasteiger partial charge in [0.15, 0.2) is 5.96 Å². The number of ether oxygens (including phenoxy) is 1. The first kappa shape index (κ1) is 22.6. The number of hydrogen-bond acceptors (Lipinski definition) is 4. The summed E-state index contributed by atoms with van der Waals surface area (Å²) >= 11 is 0. The molecule has 4 saturated heterocycles. The molecule has 0 radical (unpaired) electrons. The maximum atomic E-state index is 5.71. The third-order valence-corrected chi connectivity index (χ3v) is 7.65. The summed E-state index contributed by atoms with van der Waals surface area (Å²) in [7, 11) is 4.21. The van der Waals surface area contributed by atoms with Gasteiger partial charge in [-0.05, 0) is 71.8 Å². The molecule has 4 fully saturated rings. The van der Waals surface area contributed by atoms with E-state index in [1.807, 2.05) is 7.05 Å². The Bertz CT molecular complexity index is 523. The Morgan fingerprint density at radius 3 is 2.39 bits per heavy atom. The monoisotopic (exact) mass is 505 g/mol. The van der Waals surface area contributed by atoms with Gasteiger partial charge < -0.3 is 19.9 Å². The number of nitrogens with zero attached hydrogens (tertiary/aromatic N) is 4. The predicted molar refractivity (Wildman–Crippen MR) is 126 cm³/mol. The van der Waals surface area contributed by atoms with Crippen LogP contribution in [0.15, 0.2) is 4.99 Å². The van der Waals surface area contributed by atoms with Crippen LogP contribution in [0.2, 0.25) is 0 Å². The first-order valence-corrected chi connectivity index (χ1v) is 11.1. The highest BCUT2D eigenvalue weighted by Gasteiger charge is 2.43. The van der Waals surface area contributed by atoms with Crippen molar-refractivity contribution in [3.63, 3.8) is 0 Å². The molecule has 0 amide bonds. The lowest BCUT2D eigenvalue weighted by atomic mass is 9.84. The van der Waals surface area contributed by atoms with Gasteiger partial charge in [0.1, 0.15) is 0 Å². The zero-order valence-corrected chi connectivity index (χ0v) is 20.2. The van der Waals surface area contributed by atoms with Crippen molar-refractivity contribution in [2.75, 3.05) is 73.1 Å². The maximum Gasteiger partial charge on any atom is 0.193 e. The van der Waals surface area contributed by atoms with Crippen molar-refractivity contribution < 1.29 is 4.74 Å². The Balaban J connectivity index is 0.00000225. The molecule has 4 aliphatic rings. The molecule has 28 heavy (non-hydrogen) atoms. The van der Waals surface area contributed by atoms with Crippen LogP contribution in [0.25, 0.3) is 0 Å². The fraction of sp³-hybridized carbons (Fsp3) is 0.952. The van der Waals surface area contributed by atoms with Crippen molar-refractivity contribution in [2.24, 2.45) is 10.4 Å². The van der Waals surface area contributed by atoms with Gasteiger partial charge in [0.05, 0.1) is 6.61 Å². The van der Waals surface area contributed by atoms with Gasteiger partial charge in [0.2, 0.25) is 0 Å². The Hall–Kier alpha value is -0.120. The molecule has 0 bridgehead atoms. The predicted octanol–water partition coefficient (Wildman–Crippen LogP) is 2.24. The smallest absolute Gasteiger partial charge is 0.193 e. The number of likely N-dealkylation sites (tertiary alicyclic amines) is 3. The summed E-state index contributed by atoms with van der Waals surface area (Å²) in [5, 5.41) is 3.82. The van der Waals surface area contributed by atoms with Crippen LogP contribution >= 0.6 is 24.0 Å². The minimum atomic E-state index is 0. The number of rotatable bonds is 3. The molecule has 4 aliphatic heterocycles. The van der Waals surface area contributed by atoms with Crippen molar-refractivity contribution >= 4 is 29.9 Å². The van der Waals surface area contributed by atoms with Crippen molar-refractivity contribution in [1.82, 2.24) is 20.0 Å². The maximum absolute atomic E-state index is 5.71. The molecule has 4 heterocycles. The van der Waals surface area contributed by atoms with E-state index in [4.69, 9.17) is 4.74 Å². The zero-order valence-electron chi connectivity index (χ0n) is 17.9. The molecular formula is C21H40IN5O. The van der Waals surface area contributed by atoms with Gasteiger partial charge in [-0.1, -0.05) is 6.42 Å². The van der Waals surface area contributed by atoms with E-state index >= 15 is 0 Å². The third kappa shape index (κ3) is 4.78. The lowest BCUT2D eigenvalue weighted by Crippen LogP contribution is -2.62. The summed E-state index contributed by atoms with van der Waals surface area (Å²) in [6.07, 6.45) is 9.12. The number of hydrogen-bond donors (Lipinski definition) is 1. The van der Waals surface area contributed by atoms with Gasteiger partial charge in [-0.2, -0.15) is 0 Å². The number of aliphatic imine (C=N–C) groups is 1. The summed E-state index contributed by atoms with van der Waals surface area (Å²) < 4.78 is 5.71. The van der Waals surface area contributed by atoms with Gasteiger partial charge in [-0.3, -0.25) is 9.89 Å². The van der Waals surface area contributed by atoms with Crippen molar-refractivity contribution in [1.29, 1.82) is 0 Å². The van der Waals surface area contributed by atoms with Gasteiger partial charge in [0.25, 0.3) is 0 Å². The van der Waals surface area contributed by atoms with E-state index in [-0.39, 0.29) is 24.0 Å². The van der Waals surface area contributed by atoms with Gasteiger partial charge in [-0.25, -0.2) is 0 Å². The molecule has 162 valence electrons. The fourth-order valence-corrected chi connectivity index (χ4v) is 5.67. The molecule has 1 atom stereocenters. The normalized spacial score (nSPS) is 31.9. The van der Waals surface area contributed by atoms with Crippen LogP contribution in [-0.2, 0) is 4.74 Å². The highest BCUT2D eigenvalue weighted by molar-refractivity contribution is 14.0. The van der Waals surface area contributed by atoms with Crippen molar-refractivity contribution in [3.8, 4) is 0 Å². The number of piperidine rings is 2. The van der Waals surface area contributed by atoms with Crippen molar-refractivity contribution in [2.45, 2.75) is 50.5 Å². The summed E-state index contributed by atoms with van der Waals surface area (Å²) in [5.41, 5.74) is 0.687. The Labute approximate surface area is 188 Å². The zero-order chi connectivity index (χ0) is 18.7. The van der Waals surface area contributed by atoms with Crippen molar-refractivity contribution in [3.05, 3.63) is 0 Å². The largest absolute Gasteiger partial charge is 0.381 e. The van der Waals surface area contributed by atoms with Crippen LogP contribution < -0.4 is 5.32 Å². The average molecular weight is 505 g/mol. The SMILES string of the molecule is CN=C(NCC1(N2CCCCC2)CCN(C)CC1)N1CCC2(CCOC2)C1.I. The molecule has 7 heteroatoms. The summed E-state index contributed by atoms with van der Waals surface area (Å²) in [5.74, 6) is 1.11. The standard InChI is InChI=1S/C21H39N5O.HI/c1-22-19(25-14-6-20(17-25)9-15-27-18-20)23-16-21(7-12-24(2)13-8-21)26-10-4-3-5-11-26;/h3-18H2,1-2H3,(H,22,23);1H. The molecule has 4 rings (SSSR count).